The Labute approximate surface area is 112 Å². The van der Waals surface area contributed by atoms with Gasteiger partial charge in [0, 0.05) is 17.7 Å². The number of hydrogen-bond donors (Lipinski definition) is 2. The Kier molecular flexibility index (Phi) is 3.21. The minimum Gasteiger partial charge on any atom is -0.399 e. The van der Waals surface area contributed by atoms with Gasteiger partial charge >= 0.3 is 0 Å². The number of hydrogen-bond acceptors (Lipinski definition) is 5. The van der Waals surface area contributed by atoms with E-state index in [0.717, 1.165) is 36.2 Å². The van der Waals surface area contributed by atoms with Crippen LogP contribution in [0, 0.1) is 0 Å². The van der Waals surface area contributed by atoms with Crippen molar-refractivity contribution in [1.29, 1.82) is 0 Å². The molecule has 2 unspecified atom stereocenters. The summed E-state index contributed by atoms with van der Waals surface area (Å²) in [5.41, 5.74) is 7.34. The fourth-order valence-electron chi connectivity index (χ4n) is 2.49. The van der Waals surface area contributed by atoms with Crippen LogP contribution in [0.25, 0.3) is 10.9 Å². The van der Waals surface area contributed by atoms with E-state index < -0.39 is 0 Å². The van der Waals surface area contributed by atoms with Gasteiger partial charge < -0.3 is 15.8 Å². The Bertz CT molecular complexity index is 581. The molecular weight excluding hydrogens is 240 g/mol. The molecule has 1 aliphatic heterocycles. The van der Waals surface area contributed by atoms with E-state index in [0.29, 0.717) is 5.69 Å². The third-order valence-electron chi connectivity index (χ3n) is 3.55. The maximum Gasteiger partial charge on any atom is 0.137 e. The van der Waals surface area contributed by atoms with E-state index in [1.807, 2.05) is 18.2 Å². The molecule has 0 bridgehead atoms. The molecule has 3 rings (SSSR count). The summed E-state index contributed by atoms with van der Waals surface area (Å²) in [6.45, 7) is 2.99. The minimum absolute atomic E-state index is 0.234. The maximum absolute atomic E-state index is 5.77. The summed E-state index contributed by atoms with van der Waals surface area (Å²) in [5, 5.41) is 4.42. The van der Waals surface area contributed by atoms with Crippen molar-refractivity contribution in [1.82, 2.24) is 9.97 Å². The quantitative estimate of drug-likeness (QED) is 0.826. The van der Waals surface area contributed by atoms with Gasteiger partial charge in [-0.2, -0.15) is 0 Å². The van der Waals surface area contributed by atoms with Crippen molar-refractivity contribution < 1.29 is 4.74 Å². The number of nitrogen functional groups attached to an aromatic ring is 1. The predicted octanol–water partition coefficient (Wildman–Crippen LogP) is 2.19. The topological polar surface area (TPSA) is 73.1 Å². The highest BCUT2D eigenvalue weighted by molar-refractivity contribution is 5.90. The number of nitrogens with two attached hydrogens (primary N) is 1. The lowest BCUT2D eigenvalue weighted by Gasteiger charge is -2.21. The van der Waals surface area contributed by atoms with Crippen molar-refractivity contribution in [2.75, 3.05) is 17.7 Å². The predicted molar refractivity (Wildman–Crippen MR) is 76.0 cm³/mol. The largest absolute Gasteiger partial charge is 0.399 e. The van der Waals surface area contributed by atoms with E-state index in [1.54, 1.807) is 6.33 Å². The first-order valence-corrected chi connectivity index (χ1v) is 6.62. The normalized spacial score (nSPS) is 20.6. The summed E-state index contributed by atoms with van der Waals surface area (Å²) in [6.07, 6.45) is 4.06. The van der Waals surface area contributed by atoms with Gasteiger partial charge in [-0.3, -0.25) is 0 Å². The summed E-state index contributed by atoms with van der Waals surface area (Å²) in [7, 11) is 0. The van der Waals surface area contributed by atoms with Crippen LogP contribution in [0.4, 0.5) is 11.5 Å². The molecule has 0 aliphatic carbocycles. The monoisotopic (exact) mass is 258 g/mol. The van der Waals surface area contributed by atoms with Crippen LogP contribution in [0.15, 0.2) is 24.5 Å². The molecule has 1 aromatic heterocycles. The van der Waals surface area contributed by atoms with Crippen molar-refractivity contribution in [3.8, 4) is 0 Å². The van der Waals surface area contributed by atoms with Gasteiger partial charge in [-0.15, -0.1) is 0 Å². The zero-order valence-corrected chi connectivity index (χ0v) is 11.0. The van der Waals surface area contributed by atoms with Gasteiger partial charge in [0.2, 0.25) is 0 Å². The van der Waals surface area contributed by atoms with E-state index in [2.05, 4.69) is 22.2 Å². The second-order valence-electron chi connectivity index (χ2n) is 4.98. The van der Waals surface area contributed by atoms with Gasteiger partial charge in [-0.25, -0.2) is 9.97 Å². The highest BCUT2D eigenvalue weighted by Gasteiger charge is 2.22. The molecule has 0 amide bonds. The molecule has 0 spiro atoms. The average Bonchev–Trinajstić information content (AvgIpc) is 2.92. The van der Waals surface area contributed by atoms with Crippen LogP contribution < -0.4 is 11.1 Å². The Morgan fingerprint density at radius 1 is 1.42 bits per heavy atom. The number of rotatable bonds is 3. The average molecular weight is 258 g/mol. The second kappa shape index (κ2) is 5.01. The van der Waals surface area contributed by atoms with Gasteiger partial charge in [0.15, 0.2) is 0 Å². The number of aromatic nitrogens is 2. The number of fused-ring (bicyclic) bond motifs is 1. The number of nitrogens with one attached hydrogen (secondary N) is 1. The summed E-state index contributed by atoms with van der Waals surface area (Å²) < 4.78 is 5.69. The van der Waals surface area contributed by atoms with Crippen molar-refractivity contribution in [2.45, 2.75) is 31.9 Å². The molecule has 0 radical (unpaired) electrons. The van der Waals surface area contributed by atoms with Crippen molar-refractivity contribution in [3.05, 3.63) is 24.5 Å². The van der Waals surface area contributed by atoms with Crippen LogP contribution in [0.5, 0.6) is 0 Å². The zero-order chi connectivity index (χ0) is 13.2. The lowest BCUT2D eigenvalue weighted by molar-refractivity contribution is 0.0996. The van der Waals surface area contributed by atoms with Gasteiger partial charge in [0.1, 0.15) is 12.1 Å². The maximum atomic E-state index is 5.77. The molecule has 2 aromatic rings. The third kappa shape index (κ3) is 2.46. The first-order chi connectivity index (χ1) is 9.24. The first-order valence-electron chi connectivity index (χ1n) is 6.62. The number of anilines is 2. The van der Waals surface area contributed by atoms with Crippen LogP contribution in [0.2, 0.25) is 0 Å². The molecule has 19 heavy (non-hydrogen) atoms. The van der Waals surface area contributed by atoms with Crippen LogP contribution in [-0.4, -0.2) is 28.7 Å². The summed E-state index contributed by atoms with van der Waals surface area (Å²) in [6, 6.07) is 5.92. The fourth-order valence-corrected chi connectivity index (χ4v) is 2.49. The van der Waals surface area contributed by atoms with Crippen molar-refractivity contribution in [3.63, 3.8) is 0 Å². The highest BCUT2D eigenvalue weighted by atomic mass is 16.5. The molecule has 1 fully saturated rings. The summed E-state index contributed by atoms with van der Waals surface area (Å²) in [4.78, 5) is 8.57. The van der Waals surface area contributed by atoms with Crippen LogP contribution in [0.1, 0.15) is 19.8 Å². The molecule has 0 saturated carbocycles. The SMILES string of the molecule is CC(Nc1ncnc2cc(N)ccc12)C1CCCO1. The molecule has 1 aromatic carbocycles. The van der Waals surface area contributed by atoms with E-state index in [-0.39, 0.29) is 12.1 Å². The van der Waals surface area contributed by atoms with E-state index >= 15 is 0 Å². The number of benzene rings is 1. The van der Waals surface area contributed by atoms with Crippen molar-refractivity contribution in [2.24, 2.45) is 0 Å². The summed E-state index contributed by atoms with van der Waals surface area (Å²) in [5.74, 6) is 0.841. The fraction of sp³-hybridized carbons (Fsp3) is 0.429. The van der Waals surface area contributed by atoms with Gasteiger partial charge in [-0.05, 0) is 38.0 Å². The van der Waals surface area contributed by atoms with Crippen LogP contribution in [0.3, 0.4) is 0 Å². The molecule has 5 heteroatoms. The smallest absolute Gasteiger partial charge is 0.137 e. The molecule has 2 atom stereocenters. The molecule has 1 saturated heterocycles. The zero-order valence-electron chi connectivity index (χ0n) is 11.0. The Hall–Kier alpha value is -1.88. The van der Waals surface area contributed by atoms with Crippen LogP contribution >= 0.6 is 0 Å². The summed E-state index contributed by atoms with van der Waals surface area (Å²) >= 11 is 0. The lowest BCUT2D eigenvalue weighted by Crippen LogP contribution is -2.30. The van der Waals surface area contributed by atoms with E-state index in [9.17, 15) is 0 Å². The highest BCUT2D eigenvalue weighted by Crippen LogP contribution is 2.24. The first kappa shape index (κ1) is 12.2. The van der Waals surface area contributed by atoms with Gasteiger partial charge in [0.25, 0.3) is 0 Å². The Balaban J connectivity index is 1.87. The third-order valence-corrected chi connectivity index (χ3v) is 3.55. The standard InChI is InChI=1S/C14H18N4O/c1-9(13-3-2-6-19-13)18-14-11-5-4-10(15)7-12(11)16-8-17-14/h4-5,7-9,13H,2-3,6,15H2,1H3,(H,16,17,18). The number of nitrogens with zero attached hydrogens (tertiary/aromatic N) is 2. The second-order valence-corrected chi connectivity index (χ2v) is 4.98. The van der Waals surface area contributed by atoms with E-state index in [1.165, 1.54) is 0 Å². The Morgan fingerprint density at radius 2 is 2.32 bits per heavy atom. The Morgan fingerprint density at radius 3 is 3.11 bits per heavy atom. The molecule has 2 heterocycles. The number of ether oxygens (including phenoxy) is 1. The molecule has 1 aliphatic rings. The minimum atomic E-state index is 0.234. The van der Waals surface area contributed by atoms with Crippen molar-refractivity contribution >= 4 is 22.4 Å². The lowest BCUT2D eigenvalue weighted by atomic mass is 10.1. The molecule has 100 valence electrons. The van der Waals surface area contributed by atoms with Gasteiger partial charge in [0.05, 0.1) is 17.7 Å². The molecule has 5 nitrogen and oxygen atoms in total. The van der Waals surface area contributed by atoms with E-state index in [4.69, 9.17) is 10.5 Å². The van der Waals surface area contributed by atoms with Gasteiger partial charge in [-0.1, -0.05) is 0 Å². The van der Waals surface area contributed by atoms with Crippen LogP contribution in [-0.2, 0) is 4.74 Å². The molecule has 3 N–H and O–H groups in total. The molecular formula is C14H18N4O.